The molecule has 204 valence electrons. The van der Waals surface area contributed by atoms with Gasteiger partial charge in [-0.1, -0.05) is 18.2 Å². The van der Waals surface area contributed by atoms with Gasteiger partial charge in [0.25, 0.3) is 0 Å². The van der Waals surface area contributed by atoms with Gasteiger partial charge in [-0.25, -0.2) is 19.3 Å². The number of hydrogen-bond donors (Lipinski definition) is 1. The van der Waals surface area contributed by atoms with Crippen LogP contribution in [-0.4, -0.2) is 57.4 Å². The summed E-state index contributed by atoms with van der Waals surface area (Å²) in [6, 6.07) is 7.77. The van der Waals surface area contributed by atoms with Gasteiger partial charge in [0, 0.05) is 12.3 Å². The van der Waals surface area contributed by atoms with Gasteiger partial charge in [0.2, 0.25) is 5.91 Å². The molecule has 1 N–H and O–H groups in total. The predicted octanol–water partition coefficient (Wildman–Crippen LogP) is 4.68. The van der Waals surface area contributed by atoms with Gasteiger partial charge >= 0.3 is 18.0 Å². The molecule has 1 aromatic carbocycles. The quantitative estimate of drug-likeness (QED) is 0.250. The average molecular weight is 518 g/mol. The lowest BCUT2D eigenvalue weighted by molar-refractivity contribution is -0.161. The van der Waals surface area contributed by atoms with Gasteiger partial charge in [-0.3, -0.25) is 10.2 Å². The minimum atomic E-state index is -1.20. The molecular weight excluding hydrogens is 478 g/mol. The topological polar surface area (TPSA) is 124 Å². The first kappa shape index (κ1) is 29.8. The molecule has 0 spiro atoms. The predicted molar refractivity (Wildman–Crippen MR) is 139 cm³/mol. The molecule has 1 saturated heterocycles. The van der Waals surface area contributed by atoms with Crippen LogP contribution in [0.25, 0.3) is 0 Å². The van der Waals surface area contributed by atoms with Crippen molar-refractivity contribution in [3.63, 3.8) is 0 Å². The molecule has 37 heavy (non-hydrogen) atoms. The van der Waals surface area contributed by atoms with Crippen LogP contribution in [0.5, 0.6) is 0 Å². The van der Waals surface area contributed by atoms with Gasteiger partial charge in [-0.05, 0) is 80.9 Å². The van der Waals surface area contributed by atoms with E-state index in [1.807, 2.05) is 6.07 Å². The second-order valence-corrected chi connectivity index (χ2v) is 11.9. The van der Waals surface area contributed by atoms with Crippen molar-refractivity contribution in [1.29, 1.82) is 0 Å². The molecule has 1 aliphatic rings. The van der Waals surface area contributed by atoms with E-state index < -0.39 is 52.7 Å². The summed E-state index contributed by atoms with van der Waals surface area (Å²) in [5.41, 5.74) is 0.863. The lowest BCUT2D eigenvalue weighted by Gasteiger charge is -2.28. The Morgan fingerprint density at radius 1 is 0.892 bits per heavy atom. The molecule has 0 aromatic heterocycles. The van der Waals surface area contributed by atoms with E-state index in [4.69, 9.17) is 14.2 Å². The van der Waals surface area contributed by atoms with E-state index in [9.17, 15) is 19.2 Å². The first-order chi connectivity index (χ1) is 16.9. The molecule has 0 aliphatic carbocycles. The van der Waals surface area contributed by atoms with Gasteiger partial charge in [0.1, 0.15) is 28.6 Å². The van der Waals surface area contributed by atoms with Crippen molar-refractivity contribution in [3.8, 4) is 0 Å². The number of benzene rings is 1. The van der Waals surface area contributed by atoms with Crippen molar-refractivity contribution >= 4 is 35.3 Å². The number of carbonyl (C=O) groups excluding carboxylic acids is 4. The highest BCUT2D eigenvalue weighted by molar-refractivity contribution is 6.37. The van der Waals surface area contributed by atoms with Crippen molar-refractivity contribution in [1.82, 2.24) is 4.90 Å². The number of esters is 2. The minimum absolute atomic E-state index is 0.0499. The maximum atomic E-state index is 13.4. The van der Waals surface area contributed by atoms with Crippen LogP contribution in [-0.2, 0) is 28.6 Å². The molecule has 0 bridgehead atoms. The summed E-state index contributed by atoms with van der Waals surface area (Å²) in [5, 5.41) is 4.22. The number of rotatable bonds is 6. The number of likely N-dealkylation sites (tertiary alicyclic amines) is 1. The van der Waals surface area contributed by atoms with Gasteiger partial charge < -0.3 is 14.2 Å². The second-order valence-electron chi connectivity index (χ2n) is 11.9. The molecule has 1 fully saturated rings. The van der Waals surface area contributed by atoms with Crippen molar-refractivity contribution in [3.05, 3.63) is 30.3 Å². The van der Waals surface area contributed by atoms with Crippen LogP contribution in [0.1, 0.15) is 75.2 Å². The van der Waals surface area contributed by atoms with E-state index in [-0.39, 0.29) is 18.6 Å². The van der Waals surface area contributed by atoms with Crippen LogP contribution in [0.2, 0.25) is 0 Å². The van der Waals surface area contributed by atoms with E-state index in [0.717, 1.165) is 4.90 Å². The lowest BCUT2D eigenvalue weighted by Crippen LogP contribution is -2.47. The fourth-order valence-electron chi connectivity index (χ4n) is 3.49. The Bertz CT molecular complexity index is 1030. The summed E-state index contributed by atoms with van der Waals surface area (Å²) in [6.45, 7) is 15.2. The van der Waals surface area contributed by atoms with Crippen LogP contribution >= 0.6 is 0 Å². The number of nitrogens with one attached hydrogen (secondary N) is 1. The minimum Gasteiger partial charge on any atom is -0.458 e. The van der Waals surface area contributed by atoms with E-state index in [0.29, 0.717) is 5.69 Å². The fourth-order valence-corrected chi connectivity index (χ4v) is 3.49. The smallest absolute Gasteiger partial charge is 0.417 e. The van der Waals surface area contributed by atoms with Crippen LogP contribution in [0, 0.1) is 5.92 Å². The standard InChI is InChI=1S/C27H39N3O7/c1-25(2,3)35-22(32)19(29-28-18-13-11-10-12-14-18)15-17-16-20(23(33)36-26(4,5)6)30(21(17)31)24(34)37-27(7,8)9/h10-14,17,20,28H,15-16H2,1-9H3/b29-19-/t17?,20-/m0/s1. The Kier molecular flexibility index (Phi) is 9.11. The van der Waals surface area contributed by atoms with E-state index in [1.165, 1.54) is 0 Å². The molecular formula is C27H39N3O7. The van der Waals surface area contributed by atoms with Crippen molar-refractivity contribution < 1.29 is 33.4 Å². The monoisotopic (exact) mass is 517 g/mol. The van der Waals surface area contributed by atoms with E-state index >= 15 is 0 Å². The Morgan fingerprint density at radius 3 is 1.95 bits per heavy atom. The highest BCUT2D eigenvalue weighted by Crippen LogP contribution is 2.31. The lowest BCUT2D eigenvalue weighted by atomic mass is 9.98. The zero-order chi connectivity index (χ0) is 28.2. The molecule has 0 saturated carbocycles. The summed E-state index contributed by atoms with van der Waals surface area (Å²) in [7, 11) is 0. The number of para-hydroxylation sites is 1. The van der Waals surface area contributed by atoms with Crippen molar-refractivity contribution in [2.45, 2.75) is 98.0 Å². The van der Waals surface area contributed by atoms with Crippen LogP contribution in [0.15, 0.2) is 35.4 Å². The number of imide groups is 1. The molecule has 2 amide bonds. The van der Waals surface area contributed by atoms with Crippen LogP contribution < -0.4 is 5.43 Å². The van der Waals surface area contributed by atoms with Crippen molar-refractivity contribution in [2.75, 3.05) is 5.43 Å². The molecule has 1 aromatic rings. The van der Waals surface area contributed by atoms with Crippen molar-refractivity contribution in [2.24, 2.45) is 11.0 Å². The first-order valence-electron chi connectivity index (χ1n) is 12.3. The summed E-state index contributed by atoms with van der Waals surface area (Å²) < 4.78 is 16.4. The number of anilines is 1. The molecule has 2 atom stereocenters. The third-order valence-electron chi connectivity index (χ3n) is 4.84. The molecule has 0 radical (unpaired) electrons. The highest BCUT2D eigenvalue weighted by atomic mass is 16.6. The molecule has 1 aliphatic heterocycles. The first-order valence-corrected chi connectivity index (χ1v) is 12.3. The summed E-state index contributed by atoms with van der Waals surface area (Å²) in [4.78, 5) is 53.1. The summed E-state index contributed by atoms with van der Waals surface area (Å²) >= 11 is 0. The highest BCUT2D eigenvalue weighted by Gasteiger charge is 2.50. The van der Waals surface area contributed by atoms with E-state index in [2.05, 4.69) is 10.5 Å². The molecule has 1 unspecified atom stereocenters. The second kappa shape index (κ2) is 11.3. The van der Waals surface area contributed by atoms with Crippen LogP contribution in [0.3, 0.4) is 0 Å². The van der Waals surface area contributed by atoms with Gasteiger partial charge in [-0.15, -0.1) is 0 Å². The Hall–Kier alpha value is -3.43. The Morgan fingerprint density at radius 2 is 1.43 bits per heavy atom. The summed E-state index contributed by atoms with van der Waals surface area (Å²) in [6.07, 6.45) is -1.17. The summed E-state index contributed by atoms with van der Waals surface area (Å²) in [5.74, 6) is -3.00. The molecule has 1 heterocycles. The number of hydrogen-bond acceptors (Lipinski definition) is 9. The van der Waals surface area contributed by atoms with Gasteiger partial charge in [-0.2, -0.15) is 5.10 Å². The molecule has 10 nitrogen and oxygen atoms in total. The molecule has 10 heteroatoms. The SMILES string of the molecule is CC(C)(C)OC(=O)/C(CC1C[C@@H](C(=O)OC(C)(C)C)N(C(=O)OC(C)(C)C)C1=O)=N\Nc1ccccc1. The Balaban J connectivity index is 2.38. The van der Waals surface area contributed by atoms with Gasteiger partial charge in [0.15, 0.2) is 0 Å². The third-order valence-corrected chi connectivity index (χ3v) is 4.84. The van der Waals surface area contributed by atoms with E-state index in [1.54, 1.807) is 86.6 Å². The number of amides is 2. The maximum Gasteiger partial charge on any atom is 0.417 e. The number of ether oxygens (including phenoxy) is 3. The normalized spacial score (nSPS) is 18.9. The number of carbonyl (C=O) groups is 4. The zero-order valence-corrected chi connectivity index (χ0v) is 23.2. The number of nitrogens with zero attached hydrogens (tertiary/aromatic N) is 2. The maximum absolute atomic E-state index is 13.4. The Labute approximate surface area is 218 Å². The fraction of sp³-hybridized carbons (Fsp3) is 0.593. The number of hydrazone groups is 1. The van der Waals surface area contributed by atoms with Crippen LogP contribution in [0.4, 0.5) is 10.5 Å². The molecule has 2 rings (SSSR count). The zero-order valence-electron chi connectivity index (χ0n) is 23.2. The van der Waals surface area contributed by atoms with Gasteiger partial charge in [0.05, 0.1) is 5.69 Å². The largest absolute Gasteiger partial charge is 0.458 e. The average Bonchev–Trinajstić information content (AvgIpc) is 3.04. The third kappa shape index (κ3) is 9.51.